The molecule has 0 saturated carbocycles. The van der Waals surface area contributed by atoms with Gasteiger partial charge in [0.2, 0.25) is 16.6 Å². The fraction of sp³-hybridized carbons (Fsp3) is 0.123. The number of benzene rings is 3. The highest BCUT2D eigenvalue weighted by molar-refractivity contribution is 9.10. The van der Waals surface area contributed by atoms with E-state index in [4.69, 9.17) is 24.7 Å². The van der Waals surface area contributed by atoms with Crippen LogP contribution in [0.4, 0.5) is 18.9 Å². The molecule has 0 saturated heterocycles. The molecule has 6 aromatic heterocycles. The second kappa shape index (κ2) is 27.8. The van der Waals surface area contributed by atoms with Crippen LogP contribution in [0, 0.1) is 17.5 Å². The van der Waals surface area contributed by atoms with Crippen molar-refractivity contribution in [1.29, 1.82) is 0 Å². The molecule has 3 aromatic carbocycles. The topological polar surface area (TPSA) is 247 Å². The van der Waals surface area contributed by atoms with Crippen LogP contribution in [0.2, 0.25) is 0 Å². The predicted octanol–water partition coefficient (Wildman–Crippen LogP) is 9.06. The molecule has 0 aliphatic heterocycles. The third-order valence-corrected chi connectivity index (χ3v) is 11.5. The number of anilines is 1. The number of nitrogens with one attached hydrogen (secondary N) is 1. The van der Waals surface area contributed by atoms with Gasteiger partial charge in [-0.3, -0.25) is 38.9 Å². The van der Waals surface area contributed by atoms with Crippen LogP contribution in [0.25, 0.3) is 22.1 Å². The molecule has 0 unspecified atom stereocenters. The predicted molar refractivity (Wildman–Crippen MR) is 290 cm³/mol. The minimum Gasteiger partial charge on any atom is -0.500 e. The van der Waals surface area contributed by atoms with Gasteiger partial charge >= 0.3 is 5.97 Å². The number of hydrogen-bond acceptors (Lipinski definition) is 16. The Labute approximate surface area is 456 Å². The van der Waals surface area contributed by atoms with Crippen molar-refractivity contribution in [3.05, 3.63) is 234 Å². The van der Waals surface area contributed by atoms with Gasteiger partial charge in [-0.2, -0.15) is 0 Å². The number of nitrogen functional groups attached to an aromatic ring is 1. The maximum atomic E-state index is 14.1. The Morgan fingerprint density at radius 2 is 1.24 bits per heavy atom. The van der Waals surface area contributed by atoms with Crippen molar-refractivity contribution in [2.45, 2.75) is 13.5 Å². The standard InChI is InChI=1S/C22H15BrFN3O3.C16H11FN2O3.C14H15FO5.C5H6N2/c1-30-18-8-7-13(10-16(18)24)21(28)15-12-27(11-14-4-2-6-19(23)26-14)17-5-3-9-25-20(17)22(15)29;1-22-13-5-4-9(7-11(13)17)15(20)10-8-19-12-3-2-6-18-14(12)16(10)21;1-4-20-8-10(14(17)19-3)13(16)9-5-6-12(18-2)11(15)7-9;6-5-2-1-3-7-4-5/h2-10,12H,11H2,1H3;2-8H,1H3,(H,19,21);5-8H,4H2,1-3H3;1-4H,6H2. The van der Waals surface area contributed by atoms with Crippen LogP contribution < -0.4 is 30.8 Å². The molecule has 22 heteroatoms. The highest BCUT2D eigenvalue weighted by Gasteiger charge is 2.24. The summed E-state index contributed by atoms with van der Waals surface area (Å²) in [5.41, 5.74) is 6.79. The SMILES string of the molecule is CCOC=C(C(=O)OC)C(=O)c1ccc(OC)c(F)c1.COc1ccc(C(=O)c2c[nH]c3cccnc3c2=O)cc1F.COc1ccc(C(=O)c2cn(Cc3cccc(Br)n3)c3cccnc3c2=O)cc1F.Nc1cccnc1. The number of rotatable bonds is 14. The Morgan fingerprint density at radius 3 is 1.77 bits per heavy atom. The molecular weight excluding hydrogens is 1100 g/mol. The number of halogens is 4. The van der Waals surface area contributed by atoms with E-state index in [2.05, 4.69) is 45.6 Å². The maximum absolute atomic E-state index is 14.1. The molecule has 6 heterocycles. The summed E-state index contributed by atoms with van der Waals surface area (Å²) in [4.78, 5) is 93.6. The molecule has 0 aliphatic carbocycles. The second-order valence-electron chi connectivity index (χ2n) is 16.1. The molecule has 9 aromatic rings. The van der Waals surface area contributed by atoms with Crippen molar-refractivity contribution in [3.63, 3.8) is 0 Å². The van der Waals surface area contributed by atoms with Crippen LogP contribution in [-0.2, 0) is 20.8 Å². The number of esters is 1. The quantitative estimate of drug-likeness (QED) is 0.0196. The van der Waals surface area contributed by atoms with Crippen LogP contribution in [0.3, 0.4) is 0 Å². The third-order valence-electron chi connectivity index (χ3n) is 11.0. The van der Waals surface area contributed by atoms with Gasteiger partial charge in [-0.25, -0.2) is 22.9 Å². The Kier molecular flexibility index (Phi) is 20.6. The van der Waals surface area contributed by atoms with Gasteiger partial charge in [-0.05, 0) is 126 Å². The molecule has 0 amide bonds. The Balaban J connectivity index is 0.000000184. The number of carbonyl (C=O) groups excluding carboxylic acids is 4. The number of pyridine rings is 6. The van der Waals surface area contributed by atoms with Crippen LogP contribution in [-0.4, -0.2) is 87.9 Å². The largest absolute Gasteiger partial charge is 0.500 e. The summed E-state index contributed by atoms with van der Waals surface area (Å²) in [6.45, 7) is 2.30. The second-order valence-corrected chi connectivity index (χ2v) is 16.9. The molecule has 0 bridgehead atoms. The number of ether oxygens (including phenoxy) is 5. The molecule has 0 fully saturated rings. The number of hydrogen-bond donors (Lipinski definition) is 2. The smallest absolute Gasteiger partial charge is 0.345 e. The molecule has 3 N–H and O–H groups in total. The van der Waals surface area contributed by atoms with Crippen molar-refractivity contribution >= 4 is 67.0 Å². The summed E-state index contributed by atoms with van der Waals surface area (Å²) in [5.74, 6) is -4.68. The van der Waals surface area contributed by atoms with Gasteiger partial charge < -0.3 is 39.0 Å². The number of H-pyrrole nitrogens is 1. The number of aromatic amines is 1. The van der Waals surface area contributed by atoms with E-state index in [1.807, 2.05) is 18.2 Å². The van der Waals surface area contributed by atoms with E-state index >= 15 is 0 Å². The summed E-state index contributed by atoms with van der Waals surface area (Å²) in [6, 6.07) is 27.2. The summed E-state index contributed by atoms with van der Waals surface area (Å²) >= 11 is 3.34. The summed E-state index contributed by atoms with van der Waals surface area (Å²) in [7, 11) is 5.13. The molecule has 404 valence electrons. The number of methoxy groups -OCH3 is 4. The zero-order chi connectivity index (χ0) is 57.2. The lowest BCUT2D eigenvalue weighted by atomic mass is 10.0. The molecule has 18 nitrogen and oxygen atoms in total. The minimum atomic E-state index is -0.848. The summed E-state index contributed by atoms with van der Waals surface area (Å²) in [6.07, 6.45) is 10.1. The number of nitrogens with two attached hydrogens (primary N) is 1. The Bertz CT molecular complexity index is 3840. The fourth-order valence-electron chi connectivity index (χ4n) is 7.17. The zero-order valence-corrected chi connectivity index (χ0v) is 44.2. The molecule has 9 rings (SSSR count). The average Bonchev–Trinajstić information content (AvgIpc) is 3.49. The number of Topliss-reactive ketones (excluding diaryl/α,β-unsaturated/α-hetero) is 1. The first kappa shape index (κ1) is 58.4. The van der Waals surface area contributed by atoms with Crippen molar-refractivity contribution < 1.29 is 56.0 Å². The van der Waals surface area contributed by atoms with E-state index < -0.39 is 51.6 Å². The number of fused-ring (bicyclic) bond motifs is 2. The zero-order valence-electron chi connectivity index (χ0n) is 42.7. The van der Waals surface area contributed by atoms with Crippen molar-refractivity contribution in [2.75, 3.05) is 40.8 Å². The van der Waals surface area contributed by atoms with Gasteiger partial charge in [0.1, 0.15) is 27.5 Å². The van der Waals surface area contributed by atoms with Gasteiger partial charge in [-0.15, -0.1) is 0 Å². The highest BCUT2D eigenvalue weighted by atomic mass is 79.9. The monoisotopic (exact) mass is 1140 g/mol. The van der Waals surface area contributed by atoms with E-state index in [-0.39, 0.29) is 68.3 Å². The van der Waals surface area contributed by atoms with Crippen LogP contribution in [0.5, 0.6) is 17.2 Å². The number of ketones is 3. The number of aromatic nitrogens is 6. The first-order chi connectivity index (χ1) is 38.0. The van der Waals surface area contributed by atoms with Gasteiger partial charge in [0.15, 0.2) is 46.3 Å². The lowest BCUT2D eigenvalue weighted by Gasteiger charge is -2.13. The first-order valence-corrected chi connectivity index (χ1v) is 24.1. The maximum Gasteiger partial charge on any atom is 0.345 e. The third kappa shape index (κ3) is 14.8. The van der Waals surface area contributed by atoms with E-state index in [0.717, 1.165) is 37.3 Å². The van der Waals surface area contributed by atoms with E-state index in [9.17, 15) is 41.9 Å². The normalized spacial score (nSPS) is 10.6. The van der Waals surface area contributed by atoms with Gasteiger partial charge in [0.25, 0.3) is 0 Å². The van der Waals surface area contributed by atoms with Crippen molar-refractivity contribution in [1.82, 2.24) is 29.5 Å². The lowest BCUT2D eigenvalue weighted by molar-refractivity contribution is -0.135. The van der Waals surface area contributed by atoms with Crippen molar-refractivity contribution in [2.24, 2.45) is 0 Å². The van der Waals surface area contributed by atoms with E-state index in [1.54, 1.807) is 60.3 Å². The summed E-state index contributed by atoms with van der Waals surface area (Å²) in [5, 5.41) is 0. The Morgan fingerprint density at radius 1 is 0.684 bits per heavy atom. The van der Waals surface area contributed by atoms with Crippen molar-refractivity contribution in [3.8, 4) is 17.2 Å². The van der Waals surface area contributed by atoms with Crippen LogP contribution >= 0.6 is 15.9 Å². The van der Waals surface area contributed by atoms with Gasteiger partial charge in [0.05, 0.1) is 75.1 Å². The van der Waals surface area contributed by atoms with Crippen LogP contribution in [0.1, 0.15) is 54.8 Å². The molecule has 0 aliphatic rings. The molecule has 0 radical (unpaired) electrons. The molecule has 79 heavy (non-hydrogen) atoms. The minimum absolute atomic E-state index is 0.000321. The summed E-state index contributed by atoms with van der Waals surface area (Å²) < 4.78 is 67.7. The molecular formula is C57H47BrF3N7O11. The van der Waals surface area contributed by atoms with E-state index in [1.165, 1.54) is 82.5 Å². The average molecular weight is 1140 g/mol. The number of nitrogens with zero attached hydrogens (tertiary/aromatic N) is 5. The van der Waals surface area contributed by atoms with E-state index in [0.29, 0.717) is 27.9 Å². The molecule has 0 spiro atoms. The van der Waals surface area contributed by atoms with Crippen LogP contribution in [0.15, 0.2) is 172 Å². The Hall–Kier alpha value is -9.83. The lowest BCUT2D eigenvalue weighted by Crippen LogP contribution is -2.21. The number of carbonyl (C=O) groups is 4. The molecule has 0 atom stereocenters. The fourth-order valence-corrected chi connectivity index (χ4v) is 7.55. The first-order valence-electron chi connectivity index (χ1n) is 23.3. The van der Waals surface area contributed by atoms with Gasteiger partial charge in [-0.1, -0.05) is 6.07 Å². The van der Waals surface area contributed by atoms with Gasteiger partial charge in [0, 0.05) is 53.9 Å². The highest BCUT2D eigenvalue weighted by Crippen LogP contribution is 2.23.